The first kappa shape index (κ1) is 27.3. The van der Waals surface area contributed by atoms with Gasteiger partial charge in [0.15, 0.2) is 5.17 Å². The molecular weight excluding hydrogens is 529 g/mol. The van der Waals surface area contributed by atoms with Crippen LogP contribution in [0, 0.1) is 5.82 Å². The molecule has 196 valence electrons. The van der Waals surface area contributed by atoms with Gasteiger partial charge >= 0.3 is 5.97 Å². The number of rotatable bonds is 9. The van der Waals surface area contributed by atoms with Gasteiger partial charge in [-0.2, -0.15) is 0 Å². The van der Waals surface area contributed by atoms with Gasteiger partial charge in [0.05, 0.1) is 28.6 Å². The van der Waals surface area contributed by atoms with Crippen LogP contribution in [0.5, 0.6) is 0 Å². The second kappa shape index (κ2) is 12.7. The first-order chi connectivity index (χ1) is 18.3. The van der Waals surface area contributed by atoms with Gasteiger partial charge in [-0.25, -0.2) is 14.2 Å². The van der Waals surface area contributed by atoms with Gasteiger partial charge in [0.25, 0.3) is 0 Å². The van der Waals surface area contributed by atoms with Crippen molar-refractivity contribution in [2.45, 2.75) is 25.0 Å². The summed E-state index contributed by atoms with van der Waals surface area (Å²) in [4.78, 5) is 44.2. The average molecular weight is 554 g/mol. The summed E-state index contributed by atoms with van der Waals surface area (Å²) in [5.41, 5.74) is 2.27. The molecule has 1 aliphatic heterocycles. The van der Waals surface area contributed by atoms with Crippen LogP contribution in [0.4, 0.5) is 15.8 Å². The number of hydrogen-bond donors (Lipinski definition) is 1. The second-order valence-corrected chi connectivity index (χ2v) is 9.94. The van der Waals surface area contributed by atoms with Crippen LogP contribution < -0.4 is 5.32 Å². The number of nitrogens with one attached hydrogen (secondary N) is 1. The minimum absolute atomic E-state index is 0.0669. The van der Waals surface area contributed by atoms with Crippen LogP contribution in [0.1, 0.15) is 29.3 Å². The Morgan fingerprint density at radius 1 is 1.08 bits per heavy atom. The highest BCUT2D eigenvalue weighted by Crippen LogP contribution is 2.32. The van der Waals surface area contributed by atoms with Crippen molar-refractivity contribution >= 4 is 57.7 Å². The number of esters is 1. The van der Waals surface area contributed by atoms with E-state index >= 15 is 0 Å². The Morgan fingerprint density at radius 2 is 1.79 bits per heavy atom. The molecule has 38 heavy (non-hydrogen) atoms. The molecule has 3 aromatic rings. The third-order valence-corrected chi connectivity index (χ3v) is 7.18. The van der Waals surface area contributed by atoms with Gasteiger partial charge in [0.2, 0.25) is 11.8 Å². The van der Waals surface area contributed by atoms with Crippen LogP contribution in [0.3, 0.4) is 0 Å². The average Bonchev–Trinajstić information content (AvgIpc) is 3.19. The van der Waals surface area contributed by atoms with Crippen molar-refractivity contribution in [2.75, 3.05) is 18.5 Å². The van der Waals surface area contributed by atoms with Crippen molar-refractivity contribution in [1.29, 1.82) is 0 Å². The Morgan fingerprint density at radius 3 is 2.47 bits per heavy atom. The second-order valence-electron chi connectivity index (χ2n) is 8.37. The number of thioether (sulfide) groups is 1. The van der Waals surface area contributed by atoms with E-state index in [9.17, 15) is 18.8 Å². The highest BCUT2D eigenvalue weighted by atomic mass is 35.5. The fraction of sp³-hybridized carbons (Fsp3) is 0.214. The maximum atomic E-state index is 13.3. The Labute approximate surface area is 229 Å². The molecule has 10 heteroatoms. The highest BCUT2D eigenvalue weighted by Gasteiger charge is 2.39. The summed E-state index contributed by atoms with van der Waals surface area (Å²) in [6, 6.07) is 19.5. The molecule has 1 heterocycles. The number of halogens is 2. The zero-order valence-corrected chi connectivity index (χ0v) is 22.1. The molecule has 7 nitrogen and oxygen atoms in total. The van der Waals surface area contributed by atoms with Gasteiger partial charge in [0.1, 0.15) is 11.1 Å². The predicted octanol–water partition coefficient (Wildman–Crippen LogP) is 5.86. The highest BCUT2D eigenvalue weighted by molar-refractivity contribution is 8.15. The maximum Gasteiger partial charge on any atom is 0.338 e. The summed E-state index contributed by atoms with van der Waals surface area (Å²) in [7, 11) is 0. The number of amides is 2. The van der Waals surface area contributed by atoms with Crippen molar-refractivity contribution in [3.05, 3.63) is 94.8 Å². The predicted molar refractivity (Wildman–Crippen MR) is 147 cm³/mol. The molecule has 0 spiro atoms. The van der Waals surface area contributed by atoms with Gasteiger partial charge in [-0.15, -0.1) is 0 Å². The number of aliphatic imine (C=N–C) groups is 1. The van der Waals surface area contributed by atoms with E-state index in [0.717, 1.165) is 5.56 Å². The van der Waals surface area contributed by atoms with Gasteiger partial charge in [-0.05, 0) is 67.4 Å². The molecule has 0 aliphatic carbocycles. The molecule has 1 atom stereocenters. The summed E-state index contributed by atoms with van der Waals surface area (Å²) < 4.78 is 18.3. The summed E-state index contributed by atoms with van der Waals surface area (Å²) in [5.74, 6) is -1.35. The molecule has 1 aliphatic rings. The number of hydrogen-bond acceptors (Lipinski definition) is 6. The lowest BCUT2D eigenvalue weighted by atomic mass is 10.1. The van der Waals surface area contributed by atoms with Crippen LogP contribution >= 0.6 is 23.4 Å². The van der Waals surface area contributed by atoms with Crippen LogP contribution in [0.2, 0.25) is 5.02 Å². The fourth-order valence-corrected chi connectivity index (χ4v) is 5.12. The Balaban J connectivity index is 1.52. The van der Waals surface area contributed by atoms with Crippen molar-refractivity contribution < 1.29 is 23.5 Å². The van der Waals surface area contributed by atoms with E-state index in [4.69, 9.17) is 16.3 Å². The third-order valence-electron chi connectivity index (χ3n) is 5.68. The molecule has 1 N–H and O–H groups in total. The van der Waals surface area contributed by atoms with Gasteiger partial charge in [0, 0.05) is 13.0 Å². The molecule has 4 rings (SSSR count). The fourth-order valence-electron chi connectivity index (χ4n) is 3.75. The van der Waals surface area contributed by atoms with E-state index in [2.05, 4.69) is 10.3 Å². The molecule has 1 saturated heterocycles. The summed E-state index contributed by atoms with van der Waals surface area (Å²) >= 11 is 7.34. The van der Waals surface area contributed by atoms with E-state index in [1.807, 2.05) is 0 Å². The normalized spacial score (nSPS) is 16.1. The molecule has 0 saturated carbocycles. The van der Waals surface area contributed by atoms with Gasteiger partial charge in [-0.1, -0.05) is 47.6 Å². The molecule has 2 amide bonds. The number of amidine groups is 1. The van der Waals surface area contributed by atoms with Crippen molar-refractivity contribution in [2.24, 2.45) is 4.99 Å². The number of ether oxygens (including phenoxy) is 1. The van der Waals surface area contributed by atoms with Crippen LogP contribution in [0.15, 0.2) is 77.8 Å². The number of benzene rings is 3. The molecule has 1 fully saturated rings. The Hall–Kier alpha value is -3.69. The number of anilines is 1. The summed E-state index contributed by atoms with van der Waals surface area (Å²) in [5, 5.41) is 2.92. The quantitative estimate of drug-likeness (QED) is 0.335. The van der Waals surface area contributed by atoms with E-state index < -0.39 is 11.2 Å². The standard InChI is InChI=1S/C28H25ClFN3O4S/c1-2-37-27(36)19-9-13-21(14-10-19)31-28-33(16-15-18-7-11-20(30)12-8-18)26(35)24(38-28)17-25(34)32-23-6-4-3-5-22(23)29/h3-14,24H,2,15-17H2,1H3,(H,32,34). The Bertz CT molecular complexity index is 1350. The SMILES string of the molecule is CCOC(=O)c1ccc(N=C2SC(CC(=O)Nc3ccccc3Cl)C(=O)N2CCc2ccc(F)cc2)cc1. The lowest BCUT2D eigenvalue weighted by Gasteiger charge is -2.16. The molecule has 1 unspecified atom stereocenters. The molecule has 0 bridgehead atoms. The van der Waals surface area contributed by atoms with Gasteiger partial charge in [-0.3, -0.25) is 14.5 Å². The third kappa shape index (κ3) is 6.99. The molecule has 0 radical (unpaired) electrons. The van der Waals surface area contributed by atoms with Crippen molar-refractivity contribution in [3.8, 4) is 0 Å². The van der Waals surface area contributed by atoms with E-state index in [0.29, 0.717) is 40.1 Å². The van der Waals surface area contributed by atoms with E-state index in [1.54, 1.807) is 72.5 Å². The number of nitrogens with zero attached hydrogens (tertiary/aromatic N) is 2. The van der Waals surface area contributed by atoms with Crippen molar-refractivity contribution in [3.63, 3.8) is 0 Å². The Kier molecular flexibility index (Phi) is 9.15. The van der Waals surface area contributed by atoms with E-state index in [-0.39, 0.29) is 30.7 Å². The molecule has 0 aromatic heterocycles. The van der Waals surface area contributed by atoms with Crippen LogP contribution in [-0.2, 0) is 20.7 Å². The monoisotopic (exact) mass is 553 g/mol. The lowest BCUT2D eigenvalue weighted by Crippen LogP contribution is -2.35. The van der Waals surface area contributed by atoms with E-state index in [1.165, 1.54) is 23.9 Å². The summed E-state index contributed by atoms with van der Waals surface area (Å²) in [6.45, 7) is 2.31. The van der Waals surface area contributed by atoms with Gasteiger partial charge < -0.3 is 10.1 Å². The molecular formula is C28H25ClFN3O4S. The summed E-state index contributed by atoms with van der Waals surface area (Å²) in [6.07, 6.45) is 0.411. The first-order valence-electron chi connectivity index (χ1n) is 12.0. The topological polar surface area (TPSA) is 88.1 Å². The van der Waals surface area contributed by atoms with Crippen LogP contribution in [0.25, 0.3) is 0 Å². The zero-order valence-electron chi connectivity index (χ0n) is 20.5. The van der Waals surface area contributed by atoms with Crippen LogP contribution in [-0.4, -0.2) is 46.3 Å². The lowest BCUT2D eigenvalue weighted by molar-refractivity contribution is -0.128. The number of carbonyl (C=O) groups is 3. The smallest absolute Gasteiger partial charge is 0.338 e. The first-order valence-corrected chi connectivity index (χ1v) is 13.2. The largest absolute Gasteiger partial charge is 0.462 e. The maximum absolute atomic E-state index is 13.3. The molecule has 3 aromatic carbocycles. The number of carbonyl (C=O) groups excluding carboxylic acids is 3. The zero-order chi connectivity index (χ0) is 27.1. The minimum Gasteiger partial charge on any atom is -0.462 e. The minimum atomic E-state index is -0.678. The number of para-hydroxylation sites is 1. The van der Waals surface area contributed by atoms with Crippen molar-refractivity contribution in [1.82, 2.24) is 4.90 Å².